The van der Waals surface area contributed by atoms with Gasteiger partial charge in [0, 0.05) is 33.2 Å². The van der Waals surface area contributed by atoms with Gasteiger partial charge in [-0.05, 0) is 49.4 Å². The molecule has 2 nitrogen and oxygen atoms in total. The zero-order valence-corrected chi connectivity index (χ0v) is 14.9. The van der Waals surface area contributed by atoms with Crippen LogP contribution in [0.15, 0.2) is 53.0 Å². The molecule has 2 atom stereocenters. The number of rotatable bonds is 3. The number of benzene rings is 2. The van der Waals surface area contributed by atoms with E-state index >= 15 is 0 Å². The van der Waals surface area contributed by atoms with Crippen LogP contribution in [-0.2, 0) is 6.42 Å². The summed E-state index contributed by atoms with van der Waals surface area (Å²) in [6.45, 7) is 2.25. The molecule has 3 heteroatoms. The van der Waals surface area contributed by atoms with Crippen molar-refractivity contribution in [2.24, 2.45) is 0 Å². The number of aromatic amines is 1. The zero-order chi connectivity index (χ0) is 15.8. The van der Waals surface area contributed by atoms with Crippen LogP contribution < -0.4 is 5.32 Å². The average Bonchev–Trinajstić information content (AvgIpc) is 2.94. The lowest BCUT2D eigenvalue weighted by atomic mass is 9.91. The first-order valence-corrected chi connectivity index (χ1v) is 9.12. The van der Waals surface area contributed by atoms with E-state index in [-0.39, 0.29) is 0 Å². The van der Waals surface area contributed by atoms with Crippen LogP contribution in [-0.4, -0.2) is 4.98 Å². The van der Waals surface area contributed by atoms with Crippen LogP contribution in [0.3, 0.4) is 0 Å². The zero-order valence-electron chi connectivity index (χ0n) is 13.3. The van der Waals surface area contributed by atoms with Crippen LogP contribution in [0, 0.1) is 0 Å². The summed E-state index contributed by atoms with van der Waals surface area (Å²) >= 11 is 3.58. The maximum atomic E-state index is 3.82. The highest BCUT2D eigenvalue weighted by atomic mass is 79.9. The van der Waals surface area contributed by atoms with Crippen molar-refractivity contribution >= 4 is 26.8 Å². The summed E-state index contributed by atoms with van der Waals surface area (Å²) in [4.78, 5) is 3.67. The summed E-state index contributed by atoms with van der Waals surface area (Å²) in [6, 6.07) is 18.0. The number of halogens is 1. The predicted octanol–water partition coefficient (Wildman–Crippen LogP) is 5.66. The maximum Gasteiger partial charge on any atom is 0.0480 e. The Morgan fingerprint density at radius 1 is 1.17 bits per heavy atom. The van der Waals surface area contributed by atoms with Gasteiger partial charge in [0.25, 0.3) is 0 Å². The van der Waals surface area contributed by atoms with Gasteiger partial charge in [0.1, 0.15) is 0 Å². The minimum atomic E-state index is 0.352. The number of aryl methyl sites for hydroxylation is 1. The number of hydrogen-bond acceptors (Lipinski definition) is 1. The quantitative estimate of drug-likeness (QED) is 0.613. The van der Waals surface area contributed by atoms with Gasteiger partial charge in [-0.25, -0.2) is 0 Å². The van der Waals surface area contributed by atoms with Gasteiger partial charge in [-0.2, -0.15) is 0 Å². The lowest BCUT2D eigenvalue weighted by Gasteiger charge is -2.27. The van der Waals surface area contributed by atoms with Crippen molar-refractivity contribution in [3.05, 3.63) is 69.8 Å². The van der Waals surface area contributed by atoms with Crippen molar-refractivity contribution in [1.29, 1.82) is 0 Å². The van der Waals surface area contributed by atoms with Crippen LogP contribution >= 0.6 is 15.9 Å². The highest BCUT2D eigenvalue weighted by molar-refractivity contribution is 9.10. The van der Waals surface area contributed by atoms with Crippen molar-refractivity contribution in [2.45, 2.75) is 38.3 Å². The molecular formula is C20H21BrN2. The molecule has 0 aliphatic heterocycles. The fourth-order valence-corrected chi connectivity index (χ4v) is 4.11. The smallest absolute Gasteiger partial charge is 0.0480 e. The molecule has 2 N–H and O–H groups in total. The minimum absolute atomic E-state index is 0.352. The highest BCUT2D eigenvalue weighted by Crippen LogP contribution is 2.36. The van der Waals surface area contributed by atoms with E-state index in [1.54, 1.807) is 0 Å². The molecule has 0 saturated carbocycles. The SMILES string of the molecule is C[C@@H](NC1CCCc2c1[nH]c1cc(Br)ccc21)c1ccccc1. The Morgan fingerprint density at radius 3 is 2.83 bits per heavy atom. The maximum absolute atomic E-state index is 3.82. The molecule has 0 spiro atoms. The Labute approximate surface area is 145 Å². The summed E-state index contributed by atoms with van der Waals surface area (Å²) in [5.41, 5.74) is 5.47. The fraction of sp³-hybridized carbons (Fsp3) is 0.300. The normalized spacial score (nSPS) is 18.8. The van der Waals surface area contributed by atoms with Gasteiger partial charge in [0.2, 0.25) is 0 Å². The lowest BCUT2D eigenvalue weighted by Crippen LogP contribution is -2.27. The number of aromatic nitrogens is 1. The van der Waals surface area contributed by atoms with Crippen LogP contribution in [0.1, 0.15) is 48.7 Å². The summed E-state index contributed by atoms with van der Waals surface area (Å²) < 4.78 is 1.13. The van der Waals surface area contributed by atoms with Gasteiger partial charge in [-0.15, -0.1) is 0 Å². The van der Waals surface area contributed by atoms with Crippen LogP contribution in [0.4, 0.5) is 0 Å². The predicted molar refractivity (Wildman–Crippen MR) is 99.7 cm³/mol. The molecule has 2 aromatic carbocycles. The molecule has 1 aliphatic carbocycles. The Kier molecular flexibility index (Phi) is 4.00. The van der Waals surface area contributed by atoms with Gasteiger partial charge >= 0.3 is 0 Å². The van der Waals surface area contributed by atoms with E-state index in [1.165, 1.54) is 47.0 Å². The number of hydrogen-bond donors (Lipinski definition) is 2. The summed E-state index contributed by atoms with van der Waals surface area (Å²) in [5.74, 6) is 0. The monoisotopic (exact) mass is 368 g/mol. The molecule has 1 unspecified atom stereocenters. The second-order valence-corrected chi connectivity index (χ2v) is 7.37. The standard InChI is InChI=1S/C20H21BrN2/c1-13(14-6-3-2-4-7-14)22-18-9-5-8-17-16-11-10-15(21)12-19(16)23-20(17)18/h2-4,6-7,10-13,18,22-23H,5,8-9H2,1H3/t13-,18?/m1/s1. The largest absolute Gasteiger partial charge is 0.357 e. The molecule has 1 aromatic heterocycles. The second-order valence-electron chi connectivity index (χ2n) is 6.45. The summed E-state index contributed by atoms with van der Waals surface area (Å²) in [5, 5.41) is 5.20. The molecule has 1 aliphatic rings. The van der Waals surface area contributed by atoms with Crippen LogP contribution in [0.2, 0.25) is 0 Å². The van der Waals surface area contributed by atoms with Gasteiger partial charge in [0.15, 0.2) is 0 Å². The Balaban J connectivity index is 1.66. The Hall–Kier alpha value is -1.58. The van der Waals surface area contributed by atoms with E-state index in [4.69, 9.17) is 0 Å². The molecule has 3 aromatic rings. The Morgan fingerprint density at radius 2 is 2.00 bits per heavy atom. The summed E-state index contributed by atoms with van der Waals surface area (Å²) in [6.07, 6.45) is 3.61. The van der Waals surface area contributed by atoms with E-state index in [2.05, 4.69) is 81.7 Å². The minimum Gasteiger partial charge on any atom is -0.357 e. The van der Waals surface area contributed by atoms with Crippen LogP contribution in [0.25, 0.3) is 10.9 Å². The van der Waals surface area contributed by atoms with Crippen LogP contribution in [0.5, 0.6) is 0 Å². The van der Waals surface area contributed by atoms with Crippen molar-refractivity contribution in [1.82, 2.24) is 10.3 Å². The van der Waals surface area contributed by atoms with Gasteiger partial charge < -0.3 is 10.3 Å². The molecule has 0 bridgehead atoms. The van der Waals surface area contributed by atoms with Crippen molar-refractivity contribution in [3.8, 4) is 0 Å². The van der Waals surface area contributed by atoms with Crippen molar-refractivity contribution < 1.29 is 0 Å². The first-order valence-electron chi connectivity index (χ1n) is 8.33. The molecule has 0 fully saturated rings. The molecule has 0 radical (unpaired) electrons. The van der Waals surface area contributed by atoms with Gasteiger partial charge in [-0.3, -0.25) is 0 Å². The van der Waals surface area contributed by atoms with Gasteiger partial charge in [-0.1, -0.05) is 52.3 Å². The molecule has 23 heavy (non-hydrogen) atoms. The Bertz CT molecular complexity index is 822. The number of H-pyrrole nitrogens is 1. The van der Waals surface area contributed by atoms with Gasteiger partial charge in [0.05, 0.1) is 0 Å². The fourth-order valence-electron chi connectivity index (χ4n) is 3.75. The van der Waals surface area contributed by atoms with Crippen molar-refractivity contribution in [3.63, 3.8) is 0 Å². The van der Waals surface area contributed by atoms with E-state index in [0.717, 1.165) is 4.47 Å². The second kappa shape index (κ2) is 6.14. The average molecular weight is 369 g/mol. The number of fused-ring (bicyclic) bond motifs is 3. The van der Waals surface area contributed by atoms with E-state index in [1.807, 2.05) is 0 Å². The molecule has 118 valence electrons. The third kappa shape index (κ3) is 2.84. The highest BCUT2D eigenvalue weighted by Gasteiger charge is 2.25. The molecule has 0 amide bonds. The van der Waals surface area contributed by atoms with Crippen molar-refractivity contribution in [2.75, 3.05) is 0 Å². The molecule has 0 saturated heterocycles. The first-order chi connectivity index (χ1) is 11.2. The van der Waals surface area contributed by atoms with E-state index in [0.29, 0.717) is 12.1 Å². The summed E-state index contributed by atoms with van der Waals surface area (Å²) in [7, 11) is 0. The topological polar surface area (TPSA) is 27.8 Å². The van der Waals surface area contributed by atoms with E-state index in [9.17, 15) is 0 Å². The third-order valence-corrected chi connectivity index (χ3v) is 5.41. The molecule has 1 heterocycles. The third-order valence-electron chi connectivity index (χ3n) is 4.92. The molecule has 4 rings (SSSR count). The number of nitrogens with one attached hydrogen (secondary N) is 2. The van der Waals surface area contributed by atoms with E-state index < -0.39 is 0 Å². The first kappa shape index (κ1) is 15.0. The lowest BCUT2D eigenvalue weighted by molar-refractivity contribution is 0.410. The molecular weight excluding hydrogens is 348 g/mol.